The van der Waals surface area contributed by atoms with Crippen molar-refractivity contribution in [1.29, 1.82) is 0 Å². The summed E-state index contributed by atoms with van der Waals surface area (Å²) < 4.78 is 5.22. The van der Waals surface area contributed by atoms with Gasteiger partial charge in [-0.05, 0) is 20.3 Å². The highest BCUT2D eigenvalue weighted by atomic mass is 127. The molecule has 0 radical (unpaired) electrons. The standard InChI is InChI=1S/C7H14INO/c1-6(2)9-4-3-7(5-9)10-8/h6-7H,3-5H2,1-2H3/t7-/m0/s1. The zero-order chi connectivity index (χ0) is 7.56. The summed E-state index contributed by atoms with van der Waals surface area (Å²) in [6, 6.07) is 0.677. The molecule has 1 fully saturated rings. The van der Waals surface area contributed by atoms with Gasteiger partial charge in [0.1, 0.15) is 23.0 Å². The molecule has 0 aliphatic carbocycles. The van der Waals surface area contributed by atoms with Crippen molar-refractivity contribution in [2.75, 3.05) is 13.1 Å². The van der Waals surface area contributed by atoms with E-state index in [-0.39, 0.29) is 0 Å². The Labute approximate surface area is 76.6 Å². The van der Waals surface area contributed by atoms with E-state index in [1.807, 2.05) is 23.0 Å². The minimum absolute atomic E-state index is 0.475. The summed E-state index contributed by atoms with van der Waals surface area (Å²) in [7, 11) is 0. The highest BCUT2D eigenvalue weighted by Gasteiger charge is 2.23. The van der Waals surface area contributed by atoms with Gasteiger partial charge in [-0.2, -0.15) is 0 Å². The molecule has 1 aliphatic rings. The third kappa shape index (κ3) is 2.07. The van der Waals surface area contributed by atoms with Gasteiger partial charge in [-0.25, -0.2) is 0 Å². The van der Waals surface area contributed by atoms with Crippen LogP contribution >= 0.6 is 23.0 Å². The van der Waals surface area contributed by atoms with Crippen LogP contribution in [0.4, 0.5) is 0 Å². The third-order valence-electron chi connectivity index (χ3n) is 2.03. The van der Waals surface area contributed by atoms with Crippen LogP contribution in [0, 0.1) is 0 Å². The first-order valence-electron chi connectivity index (χ1n) is 3.75. The Morgan fingerprint density at radius 2 is 2.30 bits per heavy atom. The maximum absolute atomic E-state index is 5.22. The van der Waals surface area contributed by atoms with E-state index < -0.39 is 0 Å². The van der Waals surface area contributed by atoms with Crippen LogP contribution in [0.3, 0.4) is 0 Å². The summed E-state index contributed by atoms with van der Waals surface area (Å²) in [4.78, 5) is 2.45. The lowest BCUT2D eigenvalue weighted by Crippen LogP contribution is -2.29. The molecular formula is C7H14INO. The molecule has 10 heavy (non-hydrogen) atoms. The first-order valence-corrected chi connectivity index (χ1v) is 4.63. The monoisotopic (exact) mass is 255 g/mol. The van der Waals surface area contributed by atoms with Crippen LogP contribution in [0.1, 0.15) is 20.3 Å². The molecule has 0 unspecified atom stereocenters. The number of likely N-dealkylation sites (tertiary alicyclic amines) is 1. The molecule has 1 atom stereocenters. The van der Waals surface area contributed by atoms with Crippen molar-refractivity contribution in [3.05, 3.63) is 0 Å². The smallest absolute Gasteiger partial charge is 0.110 e. The van der Waals surface area contributed by atoms with Crippen molar-refractivity contribution < 1.29 is 3.07 Å². The molecule has 60 valence electrons. The Kier molecular flexibility index (Phi) is 3.39. The molecular weight excluding hydrogens is 241 g/mol. The van der Waals surface area contributed by atoms with E-state index in [1.165, 1.54) is 13.0 Å². The van der Waals surface area contributed by atoms with E-state index in [9.17, 15) is 0 Å². The molecule has 1 rings (SSSR count). The summed E-state index contributed by atoms with van der Waals surface area (Å²) in [5, 5.41) is 0. The van der Waals surface area contributed by atoms with Gasteiger partial charge in [-0.15, -0.1) is 0 Å². The lowest BCUT2D eigenvalue weighted by Gasteiger charge is -2.19. The van der Waals surface area contributed by atoms with Crippen molar-refractivity contribution in [2.24, 2.45) is 0 Å². The second-order valence-corrected chi connectivity index (χ2v) is 3.60. The molecule has 0 amide bonds. The van der Waals surface area contributed by atoms with Crippen LogP contribution in [-0.4, -0.2) is 30.1 Å². The van der Waals surface area contributed by atoms with Crippen LogP contribution in [0.15, 0.2) is 0 Å². The largest absolute Gasteiger partial charge is 0.311 e. The Balaban J connectivity index is 2.28. The second-order valence-electron chi connectivity index (χ2n) is 3.09. The van der Waals surface area contributed by atoms with E-state index in [4.69, 9.17) is 3.07 Å². The molecule has 1 heterocycles. The normalized spacial score (nSPS) is 28.2. The molecule has 1 aliphatic heterocycles. The molecule has 2 nitrogen and oxygen atoms in total. The first kappa shape index (κ1) is 8.74. The summed E-state index contributed by atoms with van der Waals surface area (Å²) in [6.07, 6.45) is 1.67. The van der Waals surface area contributed by atoms with Gasteiger partial charge >= 0.3 is 0 Å². The van der Waals surface area contributed by atoms with Gasteiger partial charge in [0.2, 0.25) is 0 Å². The van der Waals surface area contributed by atoms with Gasteiger partial charge in [0.15, 0.2) is 0 Å². The Bertz CT molecular complexity index is 108. The molecule has 0 spiro atoms. The Morgan fingerprint density at radius 1 is 1.60 bits per heavy atom. The Hall–Kier alpha value is 0.650. The number of nitrogens with zero attached hydrogens (tertiary/aromatic N) is 1. The van der Waals surface area contributed by atoms with Crippen molar-refractivity contribution in [1.82, 2.24) is 4.90 Å². The summed E-state index contributed by atoms with van der Waals surface area (Å²) in [5.74, 6) is 0. The van der Waals surface area contributed by atoms with E-state index in [0.29, 0.717) is 12.1 Å². The number of rotatable bonds is 2. The summed E-state index contributed by atoms with van der Waals surface area (Å²) >= 11 is 2.00. The number of halogens is 1. The zero-order valence-corrected chi connectivity index (χ0v) is 8.67. The molecule has 3 heteroatoms. The molecule has 0 aromatic rings. The number of hydrogen-bond acceptors (Lipinski definition) is 2. The molecule has 0 aromatic heterocycles. The zero-order valence-electron chi connectivity index (χ0n) is 6.51. The maximum atomic E-state index is 5.22. The highest BCUT2D eigenvalue weighted by molar-refractivity contribution is 14.1. The van der Waals surface area contributed by atoms with E-state index in [2.05, 4.69) is 18.7 Å². The predicted molar refractivity (Wildman–Crippen MR) is 50.2 cm³/mol. The topological polar surface area (TPSA) is 12.5 Å². The minimum atomic E-state index is 0.475. The van der Waals surface area contributed by atoms with Crippen molar-refractivity contribution >= 4 is 23.0 Å². The Morgan fingerprint density at radius 3 is 2.60 bits per heavy atom. The second kappa shape index (κ2) is 3.88. The lowest BCUT2D eigenvalue weighted by molar-refractivity contribution is 0.231. The molecule has 0 bridgehead atoms. The van der Waals surface area contributed by atoms with Gasteiger partial charge in [0.05, 0.1) is 6.10 Å². The van der Waals surface area contributed by atoms with Crippen LogP contribution in [0.25, 0.3) is 0 Å². The molecule has 1 saturated heterocycles. The van der Waals surface area contributed by atoms with Gasteiger partial charge in [0, 0.05) is 19.1 Å². The number of hydrogen-bond donors (Lipinski definition) is 0. The van der Waals surface area contributed by atoms with Crippen molar-refractivity contribution in [3.8, 4) is 0 Å². The van der Waals surface area contributed by atoms with Gasteiger partial charge in [-0.1, -0.05) is 0 Å². The van der Waals surface area contributed by atoms with Crippen LogP contribution in [0.2, 0.25) is 0 Å². The third-order valence-corrected chi connectivity index (χ3v) is 2.75. The molecule has 0 N–H and O–H groups in total. The lowest BCUT2D eigenvalue weighted by atomic mass is 10.3. The molecule has 0 aromatic carbocycles. The quantitative estimate of drug-likeness (QED) is 0.698. The van der Waals surface area contributed by atoms with Gasteiger partial charge < -0.3 is 3.07 Å². The average Bonchev–Trinajstić information content (AvgIpc) is 2.34. The van der Waals surface area contributed by atoms with E-state index >= 15 is 0 Å². The fraction of sp³-hybridized carbons (Fsp3) is 1.00. The van der Waals surface area contributed by atoms with Crippen LogP contribution in [0.5, 0.6) is 0 Å². The van der Waals surface area contributed by atoms with Gasteiger partial charge in [-0.3, -0.25) is 4.90 Å². The van der Waals surface area contributed by atoms with Crippen molar-refractivity contribution in [3.63, 3.8) is 0 Å². The van der Waals surface area contributed by atoms with Crippen LogP contribution in [-0.2, 0) is 3.07 Å². The maximum Gasteiger partial charge on any atom is 0.110 e. The predicted octanol–water partition coefficient (Wildman–Crippen LogP) is 1.84. The van der Waals surface area contributed by atoms with E-state index in [1.54, 1.807) is 0 Å². The minimum Gasteiger partial charge on any atom is -0.311 e. The summed E-state index contributed by atoms with van der Waals surface area (Å²) in [6.45, 7) is 6.77. The van der Waals surface area contributed by atoms with Crippen molar-refractivity contribution in [2.45, 2.75) is 32.4 Å². The SMILES string of the molecule is CC(C)N1CC[C@H](OI)C1. The first-order chi connectivity index (χ1) is 4.74. The fourth-order valence-electron chi connectivity index (χ4n) is 1.30. The van der Waals surface area contributed by atoms with E-state index in [0.717, 1.165) is 6.54 Å². The fourth-order valence-corrected chi connectivity index (χ4v) is 1.71. The average molecular weight is 255 g/mol. The molecule has 0 saturated carbocycles. The van der Waals surface area contributed by atoms with Crippen LogP contribution < -0.4 is 0 Å². The highest BCUT2D eigenvalue weighted by Crippen LogP contribution is 2.16. The summed E-state index contributed by atoms with van der Waals surface area (Å²) in [5.41, 5.74) is 0. The van der Waals surface area contributed by atoms with Gasteiger partial charge in [0.25, 0.3) is 0 Å².